The minimum atomic E-state index is 0.451. The van der Waals surface area contributed by atoms with Gasteiger partial charge in [-0.25, -0.2) is 0 Å². The van der Waals surface area contributed by atoms with Crippen molar-refractivity contribution in [2.45, 2.75) is 18.8 Å². The molecule has 0 unspecified atom stereocenters. The van der Waals surface area contributed by atoms with Gasteiger partial charge >= 0.3 is 0 Å². The minimum absolute atomic E-state index is 0.451. The molecule has 2 aromatic rings. The van der Waals surface area contributed by atoms with Gasteiger partial charge in [-0.2, -0.15) is 0 Å². The first-order valence-electron chi connectivity index (χ1n) is 5.77. The molecule has 18 heavy (non-hydrogen) atoms. The van der Waals surface area contributed by atoms with Gasteiger partial charge in [0, 0.05) is 29.7 Å². The van der Waals surface area contributed by atoms with Gasteiger partial charge in [0.1, 0.15) is 0 Å². The first-order chi connectivity index (χ1) is 8.61. The summed E-state index contributed by atoms with van der Waals surface area (Å²) in [6.45, 7) is 0. The number of aromatic nitrogens is 1. The van der Waals surface area contributed by atoms with Crippen LogP contribution in [-0.2, 0) is 0 Å². The Morgan fingerprint density at radius 3 is 2.50 bits per heavy atom. The molecule has 0 radical (unpaired) electrons. The van der Waals surface area contributed by atoms with E-state index < -0.39 is 0 Å². The molecule has 1 N–H and O–H groups in total. The van der Waals surface area contributed by atoms with E-state index in [1.54, 1.807) is 6.07 Å². The zero-order valence-corrected chi connectivity index (χ0v) is 12.0. The van der Waals surface area contributed by atoms with Crippen LogP contribution in [0.4, 0.5) is 5.69 Å². The van der Waals surface area contributed by atoms with Crippen LogP contribution in [0.1, 0.15) is 24.5 Å². The van der Waals surface area contributed by atoms with Crippen LogP contribution in [0, 0.1) is 0 Å². The summed E-state index contributed by atoms with van der Waals surface area (Å²) in [5, 5.41) is 5.43. The molecule has 1 aromatic carbocycles. The number of halogens is 3. The quantitative estimate of drug-likeness (QED) is 0.779. The van der Waals surface area contributed by atoms with Crippen molar-refractivity contribution in [2.24, 2.45) is 0 Å². The molecule has 0 spiro atoms. The lowest BCUT2D eigenvalue weighted by Gasteiger charge is -2.12. The van der Waals surface area contributed by atoms with Crippen LogP contribution in [0.25, 0.3) is 10.9 Å². The summed E-state index contributed by atoms with van der Waals surface area (Å²) in [6.07, 6.45) is 2.39. The Morgan fingerprint density at radius 2 is 1.89 bits per heavy atom. The maximum Gasteiger partial charge on any atom is 0.0928 e. The average molecular weight is 302 g/mol. The van der Waals surface area contributed by atoms with Crippen molar-refractivity contribution in [2.75, 3.05) is 12.4 Å². The van der Waals surface area contributed by atoms with Crippen molar-refractivity contribution < 1.29 is 0 Å². The minimum Gasteiger partial charge on any atom is -0.387 e. The standard InChI is InChI=1S/C13H11Cl3N2/c1-17-10-5-9(6-2-3-6)18-13-8(15)4-7(14)12(16)11(10)13/h4-6H,2-3H2,1H3,(H,17,18). The summed E-state index contributed by atoms with van der Waals surface area (Å²) in [5.41, 5.74) is 2.73. The van der Waals surface area contributed by atoms with Gasteiger partial charge in [-0.3, -0.25) is 4.98 Å². The smallest absolute Gasteiger partial charge is 0.0928 e. The average Bonchev–Trinajstić information content (AvgIpc) is 3.18. The van der Waals surface area contributed by atoms with Gasteiger partial charge in [0.15, 0.2) is 0 Å². The second-order valence-electron chi connectivity index (χ2n) is 4.50. The van der Waals surface area contributed by atoms with E-state index in [0.717, 1.165) is 22.3 Å². The van der Waals surface area contributed by atoms with Crippen LogP contribution in [0.3, 0.4) is 0 Å². The lowest BCUT2D eigenvalue weighted by Crippen LogP contribution is -1.97. The summed E-state index contributed by atoms with van der Waals surface area (Å²) >= 11 is 18.6. The predicted octanol–water partition coefficient (Wildman–Crippen LogP) is 5.11. The van der Waals surface area contributed by atoms with Gasteiger partial charge in [0.05, 0.1) is 20.6 Å². The van der Waals surface area contributed by atoms with E-state index in [-0.39, 0.29) is 0 Å². The van der Waals surface area contributed by atoms with E-state index in [0.29, 0.717) is 21.0 Å². The van der Waals surface area contributed by atoms with Crippen molar-refractivity contribution >= 4 is 51.4 Å². The van der Waals surface area contributed by atoms with Crippen LogP contribution in [-0.4, -0.2) is 12.0 Å². The highest BCUT2D eigenvalue weighted by Gasteiger charge is 2.27. The first-order valence-corrected chi connectivity index (χ1v) is 6.91. The van der Waals surface area contributed by atoms with E-state index in [4.69, 9.17) is 34.8 Å². The zero-order chi connectivity index (χ0) is 12.9. The zero-order valence-electron chi connectivity index (χ0n) is 9.73. The van der Waals surface area contributed by atoms with E-state index in [2.05, 4.69) is 10.3 Å². The summed E-state index contributed by atoms with van der Waals surface area (Å²) in [6, 6.07) is 3.69. The van der Waals surface area contributed by atoms with Gasteiger partial charge in [-0.1, -0.05) is 34.8 Å². The fraction of sp³-hybridized carbons (Fsp3) is 0.308. The maximum atomic E-state index is 6.26. The molecule has 0 atom stereocenters. The Balaban J connectivity index is 2.38. The summed E-state index contributed by atoms with van der Waals surface area (Å²) in [4.78, 5) is 4.63. The fourth-order valence-electron chi connectivity index (χ4n) is 2.11. The molecule has 1 fully saturated rings. The van der Waals surface area contributed by atoms with Crippen molar-refractivity contribution in [3.05, 3.63) is 32.9 Å². The lowest BCUT2D eigenvalue weighted by atomic mass is 10.1. The molecule has 1 aliphatic carbocycles. The molecule has 1 aromatic heterocycles. The highest BCUT2D eigenvalue weighted by atomic mass is 35.5. The van der Waals surface area contributed by atoms with Crippen molar-refractivity contribution in [3.63, 3.8) is 0 Å². The summed E-state index contributed by atoms with van der Waals surface area (Å²) in [7, 11) is 1.86. The molecule has 1 saturated carbocycles. The lowest BCUT2D eigenvalue weighted by molar-refractivity contribution is 1.04. The highest BCUT2D eigenvalue weighted by Crippen LogP contribution is 2.44. The van der Waals surface area contributed by atoms with Crippen LogP contribution < -0.4 is 5.32 Å². The predicted molar refractivity (Wildman–Crippen MR) is 78.3 cm³/mol. The third-order valence-electron chi connectivity index (χ3n) is 3.21. The maximum absolute atomic E-state index is 6.26. The molecule has 0 bridgehead atoms. The van der Waals surface area contributed by atoms with Gasteiger partial charge in [0.25, 0.3) is 0 Å². The Labute approximate surface area is 120 Å². The number of hydrogen-bond acceptors (Lipinski definition) is 2. The van der Waals surface area contributed by atoms with Gasteiger partial charge in [-0.05, 0) is 25.0 Å². The van der Waals surface area contributed by atoms with Crippen LogP contribution in [0.2, 0.25) is 15.1 Å². The Morgan fingerprint density at radius 1 is 1.17 bits per heavy atom. The number of nitrogens with one attached hydrogen (secondary N) is 1. The molecule has 5 heteroatoms. The van der Waals surface area contributed by atoms with Crippen LogP contribution in [0.5, 0.6) is 0 Å². The van der Waals surface area contributed by atoms with Gasteiger partial charge in [-0.15, -0.1) is 0 Å². The van der Waals surface area contributed by atoms with Crippen molar-refractivity contribution in [1.29, 1.82) is 0 Å². The number of fused-ring (bicyclic) bond motifs is 1. The third kappa shape index (κ3) is 1.93. The molecule has 0 amide bonds. The molecular formula is C13H11Cl3N2. The number of nitrogens with zero attached hydrogens (tertiary/aromatic N) is 1. The molecule has 0 saturated heterocycles. The topological polar surface area (TPSA) is 24.9 Å². The largest absolute Gasteiger partial charge is 0.387 e. The second kappa shape index (κ2) is 4.44. The number of pyridine rings is 1. The molecule has 1 heterocycles. The number of anilines is 1. The van der Waals surface area contributed by atoms with E-state index >= 15 is 0 Å². The van der Waals surface area contributed by atoms with Gasteiger partial charge < -0.3 is 5.32 Å². The van der Waals surface area contributed by atoms with Crippen LogP contribution >= 0.6 is 34.8 Å². The molecular weight excluding hydrogens is 291 g/mol. The Hall–Kier alpha value is -0.700. The van der Waals surface area contributed by atoms with Crippen molar-refractivity contribution in [3.8, 4) is 0 Å². The summed E-state index contributed by atoms with van der Waals surface area (Å²) < 4.78 is 0. The van der Waals surface area contributed by atoms with Crippen molar-refractivity contribution in [1.82, 2.24) is 4.98 Å². The number of rotatable bonds is 2. The molecule has 94 valence electrons. The summed E-state index contributed by atoms with van der Waals surface area (Å²) in [5.74, 6) is 0.562. The normalized spacial score (nSPS) is 15.1. The SMILES string of the molecule is CNc1cc(C2CC2)nc2c(Cl)cc(Cl)c(Cl)c12. The molecule has 2 nitrogen and oxygen atoms in total. The van der Waals surface area contributed by atoms with E-state index in [1.165, 1.54) is 12.8 Å². The van der Waals surface area contributed by atoms with Crippen LogP contribution in [0.15, 0.2) is 12.1 Å². The van der Waals surface area contributed by atoms with E-state index in [9.17, 15) is 0 Å². The highest BCUT2D eigenvalue weighted by molar-refractivity contribution is 6.48. The second-order valence-corrected chi connectivity index (χ2v) is 5.69. The third-order valence-corrected chi connectivity index (χ3v) is 4.29. The number of benzene rings is 1. The monoisotopic (exact) mass is 300 g/mol. The molecule has 3 rings (SSSR count). The Bertz CT molecular complexity index is 636. The molecule has 1 aliphatic rings. The fourth-order valence-corrected chi connectivity index (χ4v) is 2.86. The first kappa shape index (κ1) is 12.3. The van der Waals surface area contributed by atoms with E-state index in [1.807, 2.05) is 13.1 Å². The number of hydrogen-bond donors (Lipinski definition) is 1. The molecule has 0 aliphatic heterocycles. The Kier molecular flexibility index (Phi) is 3.05. The van der Waals surface area contributed by atoms with Gasteiger partial charge in [0.2, 0.25) is 0 Å².